The Kier molecular flexibility index (Phi) is 7.84. The molecule has 0 N–H and O–H groups in total. The van der Waals surface area contributed by atoms with Crippen LogP contribution in [0.2, 0.25) is 0 Å². The second kappa shape index (κ2) is 10.6. The second-order valence-corrected chi connectivity index (χ2v) is 8.65. The first kappa shape index (κ1) is 23.0. The number of nitrogens with zero attached hydrogens (tertiary/aromatic N) is 1. The van der Waals surface area contributed by atoms with Gasteiger partial charge in [0.15, 0.2) is 0 Å². The van der Waals surface area contributed by atoms with Crippen LogP contribution in [0, 0.1) is 6.92 Å². The molecule has 2 aromatic carbocycles. The molecule has 0 amide bonds. The molecule has 1 heterocycles. The number of oxazole rings is 1. The molecule has 0 aliphatic carbocycles. The van der Waals surface area contributed by atoms with E-state index < -0.39 is 10.1 Å². The monoisotopic (exact) mass is 445 g/mol. The molecule has 0 fully saturated rings. The predicted molar refractivity (Wildman–Crippen MR) is 117 cm³/mol. The van der Waals surface area contributed by atoms with Gasteiger partial charge in [-0.1, -0.05) is 30.3 Å². The molecule has 0 aliphatic rings. The Morgan fingerprint density at radius 1 is 1.06 bits per heavy atom. The quantitative estimate of drug-likeness (QED) is 0.396. The van der Waals surface area contributed by atoms with Gasteiger partial charge in [0.1, 0.15) is 23.8 Å². The van der Waals surface area contributed by atoms with Crippen LogP contribution in [0.15, 0.2) is 59.0 Å². The Morgan fingerprint density at radius 2 is 1.77 bits per heavy atom. The fraction of sp³-hybridized carbons (Fsp3) is 0.348. The molecule has 8 heteroatoms. The molecule has 0 bridgehead atoms. The van der Waals surface area contributed by atoms with Gasteiger partial charge >= 0.3 is 0 Å². The summed E-state index contributed by atoms with van der Waals surface area (Å²) in [6.07, 6.45) is 1.21. The molecule has 0 aliphatic heterocycles. The van der Waals surface area contributed by atoms with Crippen molar-refractivity contribution in [1.29, 1.82) is 0 Å². The molecule has 1 unspecified atom stereocenters. The van der Waals surface area contributed by atoms with E-state index in [-0.39, 0.29) is 12.7 Å². The van der Waals surface area contributed by atoms with E-state index in [1.54, 1.807) is 0 Å². The molecule has 7 nitrogen and oxygen atoms in total. The summed E-state index contributed by atoms with van der Waals surface area (Å²) in [4.78, 5) is 4.54. The highest BCUT2D eigenvalue weighted by atomic mass is 32.2. The average molecular weight is 446 g/mol. The maximum atomic E-state index is 11.2. The van der Waals surface area contributed by atoms with Crippen LogP contribution >= 0.6 is 0 Å². The van der Waals surface area contributed by atoms with Crippen molar-refractivity contribution in [2.24, 2.45) is 0 Å². The van der Waals surface area contributed by atoms with Gasteiger partial charge in [-0.3, -0.25) is 4.18 Å². The van der Waals surface area contributed by atoms with Gasteiger partial charge in [-0.15, -0.1) is 0 Å². The standard InChI is InChI=1S/C23H27NO6S/c1-4-27-22(14-15-29-31(3,25)26)18-10-12-20(13-11-18)28-16-21-17(2)30-23(24-21)19-8-6-5-7-9-19/h5-13,22H,4,14-16H2,1-3H3. The number of rotatable bonds is 11. The van der Waals surface area contributed by atoms with Crippen molar-refractivity contribution in [2.75, 3.05) is 19.5 Å². The average Bonchev–Trinajstić information content (AvgIpc) is 3.12. The molecule has 31 heavy (non-hydrogen) atoms. The lowest BCUT2D eigenvalue weighted by molar-refractivity contribution is 0.0466. The molecule has 0 spiro atoms. The largest absolute Gasteiger partial charge is 0.487 e. The van der Waals surface area contributed by atoms with E-state index in [2.05, 4.69) is 4.98 Å². The molecule has 166 valence electrons. The van der Waals surface area contributed by atoms with Crippen LogP contribution in [0.4, 0.5) is 0 Å². The zero-order valence-corrected chi connectivity index (χ0v) is 18.7. The molecule has 3 rings (SSSR count). The van der Waals surface area contributed by atoms with Gasteiger partial charge in [-0.25, -0.2) is 4.98 Å². The summed E-state index contributed by atoms with van der Waals surface area (Å²) in [5, 5.41) is 0. The van der Waals surface area contributed by atoms with E-state index in [0.717, 1.165) is 28.8 Å². The number of benzene rings is 2. The number of hydrogen-bond acceptors (Lipinski definition) is 7. The van der Waals surface area contributed by atoms with Crippen LogP contribution < -0.4 is 4.74 Å². The molecule has 1 atom stereocenters. The number of ether oxygens (including phenoxy) is 2. The maximum absolute atomic E-state index is 11.2. The first-order valence-corrected chi connectivity index (χ1v) is 11.9. The van der Waals surface area contributed by atoms with Crippen LogP contribution in [-0.4, -0.2) is 32.9 Å². The minimum absolute atomic E-state index is 0.0664. The lowest BCUT2D eigenvalue weighted by Crippen LogP contribution is -2.11. The summed E-state index contributed by atoms with van der Waals surface area (Å²) >= 11 is 0. The van der Waals surface area contributed by atoms with Crippen LogP contribution in [0.25, 0.3) is 11.5 Å². The highest BCUT2D eigenvalue weighted by Gasteiger charge is 2.15. The minimum atomic E-state index is -3.47. The van der Waals surface area contributed by atoms with Crippen LogP contribution in [-0.2, 0) is 25.6 Å². The highest BCUT2D eigenvalue weighted by molar-refractivity contribution is 7.85. The zero-order chi connectivity index (χ0) is 22.3. The molecule has 0 saturated carbocycles. The van der Waals surface area contributed by atoms with Crippen LogP contribution in [0.3, 0.4) is 0 Å². The SMILES string of the molecule is CCOC(CCOS(C)(=O)=O)c1ccc(OCc2nc(-c3ccccc3)oc2C)cc1. The number of aromatic nitrogens is 1. The second-order valence-electron chi connectivity index (χ2n) is 7.00. The smallest absolute Gasteiger partial charge is 0.264 e. The van der Waals surface area contributed by atoms with Crippen LogP contribution in [0.5, 0.6) is 5.75 Å². The summed E-state index contributed by atoms with van der Waals surface area (Å²) in [5.74, 6) is 1.98. The summed E-state index contributed by atoms with van der Waals surface area (Å²) in [5.41, 5.74) is 2.59. The van der Waals surface area contributed by atoms with Gasteiger partial charge in [0.2, 0.25) is 5.89 Å². The van der Waals surface area contributed by atoms with E-state index in [0.29, 0.717) is 31.3 Å². The lowest BCUT2D eigenvalue weighted by Gasteiger charge is -2.17. The summed E-state index contributed by atoms with van der Waals surface area (Å²) in [6, 6.07) is 17.2. The first-order valence-electron chi connectivity index (χ1n) is 10.1. The maximum Gasteiger partial charge on any atom is 0.264 e. The third-order valence-electron chi connectivity index (χ3n) is 4.59. The molecule has 3 aromatic rings. The lowest BCUT2D eigenvalue weighted by atomic mass is 10.1. The van der Waals surface area contributed by atoms with Gasteiger partial charge in [0.25, 0.3) is 10.1 Å². The van der Waals surface area contributed by atoms with Crippen molar-refractivity contribution >= 4 is 10.1 Å². The fourth-order valence-electron chi connectivity index (χ4n) is 3.05. The van der Waals surface area contributed by atoms with E-state index in [1.165, 1.54) is 0 Å². The Hall–Kier alpha value is -2.68. The topological polar surface area (TPSA) is 87.9 Å². The fourth-order valence-corrected chi connectivity index (χ4v) is 3.45. The highest BCUT2D eigenvalue weighted by Crippen LogP contribution is 2.26. The summed E-state index contributed by atoms with van der Waals surface area (Å²) in [6.45, 7) is 4.63. The molecule has 0 saturated heterocycles. The van der Waals surface area contributed by atoms with Gasteiger partial charge in [-0.05, 0) is 43.7 Å². The van der Waals surface area contributed by atoms with Crippen molar-refractivity contribution in [3.8, 4) is 17.2 Å². The van der Waals surface area contributed by atoms with Crippen molar-refractivity contribution < 1.29 is 26.5 Å². The summed E-state index contributed by atoms with van der Waals surface area (Å²) in [7, 11) is -3.47. The Bertz CT molecular complexity index is 1060. The minimum Gasteiger partial charge on any atom is -0.487 e. The van der Waals surface area contributed by atoms with E-state index in [1.807, 2.05) is 68.4 Å². The zero-order valence-electron chi connectivity index (χ0n) is 17.9. The van der Waals surface area contributed by atoms with Crippen molar-refractivity contribution in [1.82, 2.24) is 4.98 Å². The Balaban J connectivity index is 1.60. The Morgan fingerprint density at radius 3 is 2.42 bits per heavy atom. The van der Waals surface area contributed by atoms with Crippen LogP contribution in [0.1, 0.15) is 36.5 Å². The van der Waals surface area contributed by atoms with Crippen molar-refractivity contribution in [3.63, 3.8) is 0 Å². The number of aryl methyl sites for hydroxylation is 1. The first-order chi connectivity index (χ1) is 14.9. The third kappa shape index (κ3) is 6.92. The normalized spacial score (nSPS) is 12.6. The Labute approximate surface area is 183 Å². The van der Waals surface area contributed by atoms with E-state index in [9.17, 15) is 8.42 Å². The van der Waals surface area contributed by atoms with Gasteiger partial charge in [-0.2, -0.15) is 8.42 Å². The van der Waals surface area contributed by atoms with Gasteiger partial charge in [0, 0.05) is 18.6 Å². The van der Waals surface area contributed by atoms with E-state index in [4.69, 9.17) is 18.1 Å². The van der Waals surface area contributed by atoms with Crippen molar-refractivity contribution in [2.45, 2.75) is 33.0 Å². The molecule has 0 radical (unpaired) electrons. The number of hydrogen-bond donors (Lipinski definition) is 0. The summed E-state index contributed by atoms with van der Waals surface area (Å²) < 4.78 is 44.5. The molecular weight excluding hydrogens is 418 g/mol. The van der Waals surface area contributed by atoms with Crippen molar-refractivity contribution in [3.05, 3.63) is 71.6 Å². The van der Waals surface area contributed by atoms with Gasteiger partial charge in [0.05, 0.1) is 19.0 Å². The molecule has 1 aromatic heterocycles. The van der Waals surface area contributed by atoms with Gasteiger partial charge < -0.3 is 13.9 Å². The predicted octanol–water partition coefficient (Wildman–Crippen LogP) is 4.67. The molecular formula is C23H27NO6S. The third-order valence-corrected chi connectivity index (χ3v) is 5.18. The van der Waals surface area contributed by atoms with E-state index >= 15 is 0 Å².